The van der Waals surface area contributed by atoms with E-state index in [1.165, 1.54) is 11.8 Å². The summed E-state index contributed by atoms with van der Waals surface area (Å²) in [6.07, 6.45) is 0. The van der Waals surface area contributed by atoms with Crippen LogP contribution in [0.4, 0.5) is 0 Å². The normalized spacial score (nSPS) is 11.0. The second-order valence-electron chi connectivity index (χ2n) is 4.47. The van der Waals surface area contributed by atoms with E-state index in [0.717, 1.165) is 22.6 Å². The molecule has 0 spiro atoms. The monoisotopic (exact) mass is 321 g/mol. The summed E-state index contributed by atoms with van der Waals surface area (Å²) in [5.41, 5.74) is 2.75. The molecule has 0 saturated heterocycles. The molecule has 0 N–H and O–H groups in total. The van der Waals surface area contributed by atoms with E-state index in [4.69, 9.17) is 20.5 Å². The fourth-order valence-corrected chi connectivity index (χ4v) is 2.95. The lowest BCUT2D eigenvalue weighted by atomic mass is 10.2. The molecule has 108 valence electrons. The Balaban J connectivity index is 1.74. The van der Waals surface area contributed by atoms with Gasteiger partial charge in [-0.05, 0) is 32.0 Å². The maximum atomic E-state index is 5.95. The molecule has 5 nitrogen and oxygen atoms in total. The summed E-state index contributed by atoms with van der Waals surface area (Å²) >= 11 is 7.41. The van der Waals surface area contributed by atoms with Crippen LogP contribution in [0.25, 0.3) is 11.5 Å². The first kappa shape index (κ1) is 14.2. The van der Waals surface area contributed by atoms with Crippen LogP contribution in [0.1, 0.15) is 17.0 Å². The summed E-state index contributed by atoms with van der Waals surface area (Å²) in [4.78, 5) is 0. The maximum Gasteiger partial charge on any atom is 0.277 e. The molecule has 0 atom stereocenters. The van der Waals surface area contributed by atoms with Crippen molar-refractivity contribution in [3.8, 4) is 11.5 Å². The fraction of sp³-hybridized carbons (Fsp3) is 0.214. The predicted octanol–water partition coefficient (Wildman–Crippen LogP) is 4.29. The number of aryl methyl sites for hydroxylation is 2. The van der Waals surface area contributed by atoms with Crippen molar-refractivity contribution in [2.75, 3.05) is 0 Å². The van der Waals surface area contributed by atoms with E-state index < -0.39 is 0 Å². The van der Waals surface area contributed by atoms with Crippen molar-refractivity contribution in [1.82, 2.24) is 15.4 Å². The van der Waals surface area contributed by atoms with Crippen LogP contribution in [0.2, 0.25) is 5.02 Å². The number of hydrogen-bond acceptors (Lipinski definition) is 6. The molecular weight excluding hydrogens is 310 g/mol. The van der Waals surface area contributed by atoms with Gasteiger partial charge in [-0.25, -0.2) is 0 Å². The molecule has 0 aliphatic rings. The Morgan fingerprint density at radius 1 is 1.24 bits per heavy atom. The van der Waals surface area contributed by atoms with Gasteiger partial charge in [0.1, 0.15) is 5.76 Å². The first-order valence-electron chi connectivity index (χ1n) is 6.27. The Morgan fingerprint density at radius 3 is 2.81 bits per heavy atom. The molecule has 3 rings (SSSR count). The molecule has 0 fully saturated rings. The summed E-state index contributed by atoms with van der Waals surface area (Å²) in [6.45, 7) is 3.80. The third-order valence-electron chi connectivity index (χ3n) is 3.00. The van der Waals surface area contributed by atoms with Gasteiger partial charge in [0.25, 0.3) is 5.22 Å². The van der Waals surface area contributed by atoms with E-state index in [0.29, 0.717) is 21.9 Å². The number of benzene rings is 1. The number of halogens is 1. The van der Waals surface area contributed by atoms with Crippen molar-refractivity contribution in [1.29, 1.82) is 0 Å². The largest absolute Gasteiger partial charge is 0.411 e. The quantitative estimate of drug-likeness (QED) is 0.668. The van der Waals surface area contributed by atoms with Crippen LogP contribution >= 0.6 is 23.4 Å². The first-order valence-corrected chi connectivity index (χ1v) is 7.64. The van der Waals surface area contributed by atoms with Gasteiger partial charge in [0.2, 0.25) is 5.89 Å². The highest BCUT2D eigenvalue weighted by Crippen LogP contribution is 2.28. The molecule has 1 aromatic carbocycles. The molecule has 2 heterocycles. The molecule has 0 bridgehead atoms. The Morgan fingerprint density at radius 2 is 2.10 bits per heavy atom. The van der Waals surface area contributed by atoms with Crippen LogP contribution in [-0.4, -0.2) is 15.4 Å². The lowest BCUT2D eigenvalue weighted by Crippen LogP contribution is -1.84. The summed E-state index contributed by atoms with van der Waals surface area (Å²) < 4.78 is 10.8. The Bertz CT molecular complexity index is 750. The molecular formula is C14H12ClN3O2S. The standard InChI is InChI=1S/C14H12ClN3O2S/c1-8-12(9(2)20-18-8)7-21-14-17-16-13(19-14)10-4-3-5-11(15)6-10/h3-6H,7H2,1-2H3. The summed E-state index contributed by atoms with van der Waals surface area (Å²) in [7, 11) is 0. The molecule has 2 aromatic heterocycles. The van der Waals surface area contributed by atoms with Gasteiger partial charge in [-0.1, -0.05) is 34.6 Å². The topological polar surface area (TPSA) is 65.0 Å². The molecule has 0 saturated carbocycles. The second-order valence-corrected chi connectivity index (χ2v) is 5.84. The van der Waals surface area contributed by atoms with Crippen molar-refractivity contribution in [2.24, 2.45) is 0 Å². The summed E-state index contributed by atoms with van der Waals surface area (Å²) in [5.74, 6) is 1.95. The van der Waals surface area contributed by atoms with E-state index >= 15 is 0 Å². The van der Waals surface area contributed by atoms with Gasteiger partial charge in [0.05, 0.1) is 5.69 Å². The average Bonchev–Trinajstić information content (AvgIpc) is 3.05. The lowest BCUT2D eigenvalue weighted by Gasteiger charge is -1.96. The van der Waals surface area contributed by atoms with Crippen LogP contribution in [0.5, 0.6) is 0 Å². The van der Waals surface area contributed by atoms with Gasteiger partial charge < -0.3 is 8.94 Å². The van der Waals surface area contributed by atoms with Gasteiger partial charge in [0.15, 0.2) is 0 Å². The molecule has 21 heavy (non-hydrogen) atoms. The highest BCUT2D eigenvalue weighted by atomic mass is 35.5. The fourth-order valence-electron chi connectivity index (χ4n) is 1.85. The number of aromatic nitrogens is 3. The second kappa shape index (κ2) is 5.91. The van der Waals surface area contributed by atoms with Gasteiger partial charge in [0, 0.05) is 21.9 Å². The highest BCUT2D eigenvalue weighted by Gasteiger charge is 2.13. The van der Waals surface area contributed by atoms with E-state index in [1.807, 2.05) is 26.0 Å². The van der Waals surface area contributed by atoms with E-state index in [-0.39, 0.29) is 0 Å². The molecule has 3 aromatic rings. The van der Waals surface area contributed by atoms with Gasteiger partial charge in [-0.2, -0.15) is 0 Å². The van der Waals surface area contributed by atoms with Crippen LogP contribution in [0.3, 0.4) is 0 Å². The van der Waals surface area contributed by atoms with Gasteiger partial charge in [-0.15, -0.1) is 10.2 Å². The van der Waals surface area contributed by atoms with Crippen molar-refractivity contribution < 1.29 is 8.94 Å². The SMILES string of the molecule is Cc1noc(C)c1CSc1nnc(-c2cccc(Cl)c2)o1. The molecule has 0 aliphatic heterocycles. The average molecular weight is 322 g/mol. The third kappa shape index (κ3) is 3.11. The minimum Gasteiger partial charge on any atom is -0.411 e. The molecule has 0 unspecified atom stereocenters. The van der Waals surface area contributed by atoms with Crippen molar-refractivity contribution >= 4 is 23.4 Å². The molecule has 0 amide bonds. The zero-order chi connectivity index (χ0) is 14.8. The predicted molar refractivity (Wildman–Crippen MR) is 80.3 cm³/mol. The molecule has 0 radical (unpaired) electrons. The summed E-state index contributed by atoms with van der Waals surface area (Å²) in [6, 6.07) is 7.31. The number of rotatable bonds is 4. The molecule has 7 heteroatoms. The number of nitrogens with zero attached hydrogens (tertiary/aromatic N) is 3. The van der Waals surface area contributed by atoms with Crippen molar-refractivity contribution in [3.63, 3.8) is 0 Å². The lowest BCUT2D eigenvalue weighted by molar-refractivity contribution is 0.392. The third-order valence-corrected chi connectivity index (χ3v) is 4.08. The van der Waals surface area contributed by atoms with Crippen LogP contribution in [0.15, 0.2) is 38.4 Å². The highest BCUT2D eigenvalue weighted by molar-refractivity contribution is 7.98. The van der Waals surface area contributed by atoms with E-state index in [9.17, 15) is 0 Å². The zero-order valence-corrected chi connectivity index (χ0v) is 13.0. The van der Waals surface area contributed by atoms with Crippen molar-refractivity contribution in [2.45, 2.75) is 24.8 Å². The van der Waals surface area contributed by atoms with Crippen LogP contribution in [-0.2, 0) is 5.75 Å². The van der Waals surface area contributed by atoms with Crippen LogP contribution < -0.4 is 0 Å². The Labute approximate surface area is 130 Å². The van der Waals surface area contributed by atoms with E-state index in [2.05, 4.69) is 15.4 Å². The Kier molecular flexibility index (Phi) is 3.98. The van der Waals surface area contributed by atoms with Crippen molar-refractivity contribution in [3.05, 3.63) is 46.3 Å². The molecule has 0 aliphatic carbocycles. The summed E-state index contributed by atoms with van der Waals surface area (Å²) in [5, 5.41) is 13.1. The minimum atomic E-state index is 0.457. The first-order chi connectivity index (χ1) is 10.1. The van der Waals surface area contributed by atoms with Gasteiger partial charge >= 0.3 is 0 Å². The zero-order valence-electron chi connectivity index (χ0n) is 11.5. The maximum absolute atomic E-state index is 5.95. The number of hydrogen-bond donors (Lipinski definition) is 0. The van der Waals surface area contributed by atoms with Gasteiger partial charge in [-0.3, -0.25) is 0 Å². The number of thioether (sulfide) groups is 1. The van der Waals surface area contributed by atoms with E-state index in [1.54, 1.807) is 12.1 Å². The Hall–Kier alpha value is -1.79. The minimum absolute atomic E-state index is 0.457. The smallest absolute Gasteiger partial charge is 0.277 e. The van der Waals surface area contributed by atoms with Crippen LogP contribution in [0, 0.1) is 13.8 Å².